The predicted octanol–water partition coefficient (Wildman–Crippen LogP) is 1.42. The highest BCUT2D eigenvalue weighted by atomic mass is 32.2. The smallest absolute Gasteiger partial charge is 0.147 e. The van der Waals surface area contributed by atoms with Crippen LogP contribution in [0.4, 0.5) is 0 Å². The van der Waals surface area contributed by atoms with Gasteiger partial charge in [0.2, 0.25) is 0 Å². The first-order valence-corrected chi connectivity index (χ1v) is 8.11. The van der Waals surface area contributed by atoms with Gasteiger partial charge in [0.05, 0.1) is 5.75 Å². The van der Waals surface area contributed by atoms with E-state index in [0.717, 1.165) is 26.1 Å². The SMILES string of the molecule is CCCNCc1cccn1CCCS(C)(=O)=O. The van der Waals surface area contributed by atoms with Crippen LogP contribution in [0.5, 0.6) is 0 Å². The number of hydrogen-bond donors (Lipinski definition) is 1. The van der Waals surface area contributed by atoms with Crippen molar-refractivity contribution in [2.75, 3.05) is 18.6 Å². The van der Waals surface area contributed by atoms with Crippen LogP contribution < -0.4 is 5.32 Å². The Morgan fingerprint density at radius 2 is 2.18 bits per heavy atom. The number of nitrogens with zero attached hydrogens (tertiary/aromatic N) is 1. The van der Waals surface area contributed by atoms with E-state index in [4.69, 9.17) is 0 Å². The van der Waals surface area contributed by atoms with Crippen LogP contribution >= 0.6 is 0 Å². The molecule has 0 atom stereocenters. The Balaban J connectivity index is 2.40. The minimum absolute atomic E-state index is 0.257. The highest BCUT2D eigenvalue weighted by Gasteiger charge is 2.04. The second kappa shape index (κ2) is 6.81. The highest BCUT2D eigenvalue weighted by Crippen LogP contribution is 2.04. The van der Waals surface area contributed by atoms with Gasteiger partial charge in [0, 0.05) is 31.2 Å². The van der Waals surface area contributed by atoms with E-state index in [0.29, 0.717) is 6.42 Å². The average Bonchev–Trinajstić information content (AvgIpc) is 2.64. The van der Waals surface area contributed by atoms with E-state index in [1.54, 1.807) is 0 Å². The summed E-state index contributed by atoms with van der Waals surface area (Å²) in [6.07, 6.45) is 5.08. The first kappa shape index (κ1) is 14.3. The molecule has 0 aliphatic heterocycles. The second-order valence-electron chi connectivity index (χ2n) is 4.35. The third kappa shape index (κ3) is 5.89. The van der Waals surface area contributed by atoms with E-state index in [9.17, 15) is 8.42 Å². The molecule has 0 aliphatic rings. The molecule has 0 bridgehead atoms. The molecule has 4 nitrogen and oxygen atoms in total. The molecule has 0 saturated heterocycles. The van der Waals surface area contributed by atoms with Crippen molar-refractivity contribution in [3.05, 3.63) is 24.0 Å². The van der Waals surface area contributed by atoms with Crippen LogP contribution in [-0.2, 0) is 22.9 Å². The molecule has 0 saturated carbocycles. The van der Waals surface area contributed by atoms with Gasteiger partial charge in [-0.15, -0.1) is 0 Å². The highest BCUT2D eigenvalue weighted by molar-refractivity contribution is 7.90. The molecule has 0 fully saturated rings. The van der Waals surface area contributed by atoms with Crippen molar-refractivity contribution in [3.8, 4) is 0 Å². The van der Waals surface area contributed by atoms with Gasteiger partial charge in [-0.2, -0.15) is 0 Å². The number of aromatic nitrogens is 1. The number of hydrogen-bond acceptors (Lipinski definition) is 3. The standard InChI is InChI=1S/C12H22N2O2S/c1-3-7-13-11-12-6-4-8-14(12)9-5-10-17(2,15)16/h4,6,8,13H,3,5,7,9-11H2,1-2H3. The van der Waals surface area contributed by atoms with Gasteiger partial charge in [-0.3, -0.25) is 0 Å². The summed E-state index contributed by atoms with van der Waals surface area (Å²) in [5.41, 5.74) is 1.21. The van der Waals surface area contributed by atoms with Crippen LogP contribution in [0.3, 0.4) is 0 Å². The Labute approximate surface area is 104 Å². The Hall–Kier alpha value is -0.810. The van der Waals surface area contributed by atoms with Gasteiger partial charge in [0.25, 0.3) is 0 Å². The number of nitrogens with one attached hydrogen (secondary N) is 1. The Morgan fingerprint density at radius 3 is 2.82 bits per heavy atom. The van der Waals surface area contributed by atoms with E-state index in [1.165, 1.54) is 11.9 Å². The van der Waals surface area contributed by atoms with Crippen LogP contribution in [0, 0.1) is 0 Å². The number of sulfone groups is 1. The van der Waals surface area contributed by atoms with Crippen LogP contribution in [-0.4, -0.2) is 31.5 Å². The van der Waals surface area contributed by atoms with Gasteiger partial charge in [0.1, 0.15) is 9.84 Å². The lowest BCUT2D eigenvalue weighted by atomic mass is 10.4. The minimum Gasteiger partial charge on any atom is -0.350 e. The van der Waals surface area contributed by atoms with E-state index >= 15 is 0 Å². The van der Waals surface area contributed by atoms with E-state index < -0.39 is 9.84 Å². The van der Waals surface area contributed by atoms with Gasteiger partial charge in [-0.25, -0.2) is 8.42 Å². The van der Waals surface area contributed by atoms with Crippen LogP contribution in [0.2, 0.25) is 0 Å². The molecule has 1 aromatic rings. The molecule has 17 heavy (non-hydrogen) atoms. The summed E-state index contributed by atoms with van der Waals surface area (Å²) in [5, 5.41) is 3.35. The molecule has 0 amide bonds. The molecule has 0 radical (unpaired) electrons. The molecule has 1 heterocycles. The lowest BCUT2D eigenvalue weighted by Gasteiger charge is -2.09. The van der Waals surface area contributed by atoms with Gasteiger partial charge < -0.3 is 9.88 Å². The molecule has 0 aliphatic carbocycles. The monoisotopic (exact) mass is 258 g/mol. The lowest BCUT2D eigenvalue weighted by Crippen LogP contribution is -2.17. The summed E-state index contributed by atoms with van der Waals surface area (Å²) in [6, 6.07) is 4.08. The normalized spacial score (nSPS) is 11.9. The fourth-order valence-electron chi connectivity index (χ4n) is 1.72. The molecule has 5 heteroatoms. The molecule has 0 unspecified atom stereocenters. The molecule has 1 N–H and O–H groups in total. The lowest BCUT2D eigenvalue weighted by molar-refractivity contribution is 0.580. The Morgan fingerprint density at radius 1 is 1.41 bits per heavy atom. The van der Waals surface area contributed by atoms with Crippen molar-refractivity contribution in [2.24, 2.45) is 0 Å². The molecular weight excluding hydrogens is 236 g/mol. The summed E-state index contributed by atoms with van der Waals surface area (Å²) >= 11 is 0. The quantitative estimate of drug-likeness (QED) is 0.718. The molecule has 1 rings (SSSR count). The predicted molar refractivity (Wildman–Crippen MR) is 70.8 cm³/mol. The first-order chi connectivity index (χ1) is 8.03. The van der Waals surface area contributed by atoms with Gasteiger partial charge in [-0.05, 0) is 31.5 Å². The van der Waals surface area contributed by atoms with E-state index in [1.807, 2.05) is 12.3 Å². The zero-order valence-electron chi connectivity index (χ0n) is 10.6. The zero-order valence-corrected chi connectivity index (χ0v) is 11.5. The fraction of sp³-hybridized carbons (Fsp3) is 0.667. The van der Waals surface area contributed by atoms with Crippen molar-refractivity contribution in [2.45, 2.75) is 32.9 Å². The largest absolute Gasteiger partial charge is 0.350 e. The van der Waals surface area contributed by atoms with Crippen molar-refractivity contribution in [1.29, 1.82) is 0 Å². The number of rotatable bonds is 8. The van der Waals surface area contributed by atoms with Crippen LogP contribution in [0.15, 0.2) is 18.3 Å². The van der Waals surface area contributed by atoms with Crippen molar-refractivity contribution < 1.29 is 8.42 Å². The van der Waals surface area contributed by atoms with Crippen molar-refractivity contribution in [1.82, 2.24) is 9.88 Å². The van der Waals surface area contributed by atoms with Gasteiger partial charge in [0.15, 0.2) is 0 Å². The van der Waals surface area contributed by atoms with Gasteiger partial charge >= 0.3 is 0 Å². The van der Waals surface area contributed by atoms with Crippen molar-refractivity contribution >= 4 is 9.84 Å². The maximum absolute atomic E-state index is 11.0. The van der Waals surface area contributed by atoms with E-state index in [2.05, 4.69) is 22.9 Å². The molecule has 0 aromatic carbocycles. The van der Waals surface area contributed by atoms with E-state index in [-0.39, 0.29) is 5.75 Å². The van der Waals surface area contributed by atoms with Crippen LogP contribution in [0.25, 0.3) is 0 Å². The third-order valence-corrected chi connectivity index (χ3v) is 3.60. The number of aryl methyl sites for hydroxylation is 1. The third-order valence-electron chi connectivity index (χ3n) is 2.57. The maximum Gasteiger partial charge on any atom is 0.147 e. The zero-order chi connectivity index (χ0) is 12.7. The molecule has 98 valence electrons. The molecular formula is C12H22N2O2S. The maximum atomic E-state index is 11.0. The second-order valence-corrected chi connectivity index (χ2v) is 6.61. The first-order valence-electron chi connectivity index (χ1n) is 6.05. The Kier molecular flexibility index (Phi) is 5.71. The molecule has 0 spiro atoms. The molecule has 1 aromatic heterocycles. The summed E-state index contributed by atoms with van der Waals surface area (Å²) in [5.74, 6) is 0.257. The average molecular weight is 258 g/mol. The summed E-state index contributed by atoms with van der Waals surface area (Å²) in [7, 11) is -2.84. The van der Waals surface area contributed by atoms with Crippen LogP contribution in [0.1, 0.15) is 25.5 Å². The fourth-order valence-corrected chi connectivity index (χ4v) is 2.37. The van der Waals surface area contributed by atoms with Crippen molar-refractivity contribution in [3.63, 3.8) is 0 Å². The topological polar surface area (TPSA) is 51.1 Å². The summed E-state index contributed by atoms with van der Waals surface area (Å²) < 4.78 is 24.2. The van der Waals surface area contributed by atoms with Gasteiger partial charge in [-0.1, -0.05) is 6.92 Å². The minimum atomic E-state index is -2.84. The summed E-state index contributed by atoms with van der Waals surface area (Å²) in [4.78, 5) is 0. The summed E-state index contributed by atoms with van der Waals surface area (Å²) in [6.45, 7) is 4.76. The Bertz CT molecular complexity index is 423.